The number of rotatable bonds is 3. The molecule has 2 aromatic carbocycles. The maximum absolute atomic E-state index is 13.1. The topological polar surface area (TPSA) is 69.5 Å². The highest BCUT2D eigenvalue weighted by atomic mass is 79.9. The lowest BCUT2D eigenvalue weighted by Crippen LogP contribution is -2.11. The van der Waals surface area contributed by atoms with E-state index in [1.807, 2.05) is 12.1 Å². The third kappa shape index (κ3) is 3.65. The molecule has 28 heavy (non-hydrogen) atoms. The molecule has 0 atom stereocenters. The number of thiophene rings is 1. The van der Waals surface area contributed by atoms with Gasteiger partial charge in [0.05, 0.1) is 16.5 Å². The summed E-state index contributed by atoms with van der Waals surface area (Å²) in [6.45, 7) is 0. The summed E-state index contributed by atoms with van der Waals surface area (Å²) in [6.07, 6.45) is 1.68. The fourth-order valence-electron chi connectivity index (χ4n) is 2.73. The zero-order chi connectivity index (χ0) is 19.7. The fraction of sp³-hybridized carbons (Fsp3) is 0. The van der Waals surface area contributed by atoms with Crippen molar-refractivity contribution in [3.05, 3.63) is 85.9 Å². The van der Waals surface area contributed by atoms with Crippen LogP contribution in [0, 0.1) is 17.1 Å². The molecular formula is C21H11BrFN3OS. The van der Waals surface area contributed by atoms with Gasteiger partial charge in [0.2, 0.25) is 0 Å². The molecule has 0 aliphatic heterocycles. The van der Waals surface area contributed by atoms with Crippen molar-refractivity contribution in [2.45, 2.75) is 0 Å². The van der Waals surface area contributed by atoms with Crippen LogP contribution >= 0.6 is 27.3 Å². The van der Waals surface area contributed by atoms with Crippen molar-refractivity contribution in [1.82, 2.24) is 9.97 Å². The Balaban J connectivity index is 1.73. The molecule has 0 fully saturated rings. The second-order valence-corrected chi connectivity index (χ2v) is 7.99. The number of nitrogens with one attached hydrogen (secondary N) is 1. The first-order valence-electron chi connectivity index (χ1n) is 8.21. The Morgan fingerprint density at radius 3 is 2.71 bits per heavy atom. The van der Waals surface area contributed by atoms with E-state index in [4.69, 9.17) is 0 Å². The Hall–Kier alpha value is -3.08. The first-order chi connectivity index (χ1) is 13.5. The minimum atomic E-state index is -0.305. The zero-order valence-electron chi connectivity index (χ0n) is 14.2. The minimum Gasteiger partial charge on any atom is -0.305 e. The summed E-state index contributed by atoms with van der Waals surface area (Å²) >= 11 is 4.80. The van der Waals surface area contributed by atoms with Crippen LogP contribution in [0.1, 0.15) is 10.7 Å². The van der Waals surface area contributed by atoms with Gasteiger partial charge in [0.1, 0.15) is 11.9 Å². The van der Waals surface area contributed by atoms with Crippen molar-refractivity contribution in [2.24, 2.45) is 0 Å². The predicted molar refractivity (Wildman–Crippen MR) is 113 cm³/mol. The van der Waals surface area contributed by atoms with Gasteiger partial charge in [-0.05, 0) is 54.1 Å². The molecule has 2 aromatic heterocycles. The Bertz CT molecular complexity index is 1320. The number of halogens is 2. The van der Waals surface area contributed by atoms with E-state index < -0.39 is 0 Å². The molecule has 0 spiro atoms. The van der Waals surface area contributed by atoms with Crippen molar-refractivity contribution in [3.63, 3.8) is 0 Å². The lowest BCUT2D eigenvalue weighted by Gasteiger charge is -2.02. The summed E-state index contributed by atoms with van der Waals surface area (Å²) in [5, 5.41) is 10.0. The third-order valence-corrected chi connectivity index (χ3v) is 5.66. The van der Waals surface area contributed by atoms with Crippen LogP contribution in [0.15, 0.2) is 63.9 Å². The summed E-state index contributed by atoms with van der Waals surface area (Å²) in [4.78, 5) is 21.2. The average molecular weight is 452 g/mol. The van der Waals surface area contributed by atoms with E-state index in [0.717, 1.165) is 19.8 Å². The van der Waals surface area contributed by atoms with Crippen molar-refractivity contribution >= 4 is 49.8 Å². The van der Waals surface area contributed by atoms with Crippen molar-refractivity contribution in [2.75, 3.05) is 0 Å². The number of H-pyrrole nitrogens is 1. The Morgan fingerprint density at radius 2 is 1.96 bits per heavy atom. The SMILES string of the molecule is N#C/C(=C\c1ccc(-c2ccc(F)cc2)s1)c1nc2ccc(Br)cc2c(=O)[nH]1. The number of nitrogens with zero attached hydrogens (tertiary/aromatic N) is 2. The van der Waals surface area contributed by atoms with Gasteiger partial charge in [0.25, 0.3) is 5.56 Å². The van der Waals surface area contributed by atoms with E-state index in [1.165, 1.54) is 23.5 Å². The summed E-state index contributed by atoms with van der Waals surface area (Å²) in [6, 6.07) is 17.3. The Kier molecular flexibility index (Phi) is 4.90. The van der Waals surface area contributed by atoms with E-state index in [2.05, 4.69) is 32.0 Å². The molecule has 0 aliphatic carbocycles. The third-order valence-electron chi connectivity index (χ3n) is 4.09. The van der Waals surface area contributed by atoms with Gasteiger partial charge < -0.3 is 4.98 Å². The quantitative estimate of drug-likeness (QED) is 0.411. The number of allylic oxidation sites excluding steroid dienone is 1. The molecule has 4 rings (SSSR count). The minimum absolute atomic E-state index is 0.221. The first-order valence-corrected chi connectivity index (χ1v) is 9.82. The van der Waals surface area contributed by atoms with Crippen LogP contribution in [0.4, 0.5) is 4.39 Å². The molecule has 0 unspecified atom stereocenters. The van der Waals surface area contributed by atoms with Crippen LogP contribution in [-0.2, 0) is 0 Å². The number of aromatic nitrogens is 2. The predicted octanol–water partition coefficient (Wildman–Crippen LogP) is 5.62. The first kappa shape index (κ1) is 18.3. The van der Waals surface area contributed by atoms with E-state index in [0.29, 0.717) is 10.9 Å². The number of hydrogen-bond acceptors (Lipinski definition) is 4. The second kappa shape index (κ2) is 7.50. The van der Waals surface area contributed by atoms with Crippen molar-refractivity contribution in [1.29, 1.82) is 5.26 Å². The maximum Gasteiger partial charge on any atom is 0.259 e. The van der Waals surface area contributed by atoms with Gasteiger partial charge in [-0.2, -0.15) is 5.26 Å². The normalized spacial score (nSPS) is 11.5. The molecule has 0 saturated heterocycles. The highest BCUT2D eigenvalue weighted by molar-refractivity contribution is 9.10. The van der Waals surface area contributed by atoms with Gasteiger partial charge in [-0.3, -0.25) is 4.79 Å². The molecule has 4 nitrogen and oxygen atoms in total. The summed E-state index contributed by atoms with van der Waals surface area (Å²) in [7, 11) is 0. The highest BCUT2D eigenvalue weighted by Gasteiger charge is 2.10. The average Bonchev–Trinajstić information content (AvgIpc) is 3.15. The number of fused-ring (bicyclic) bond motifs is 1. The molecule has 1 N–H and O–H groups in total. The van der Waals surface area contributed by atoms with E-state index in [-0.39, 0.29) is 22.8 Å². The molecule has 2 heterocycles. The molecule has 136 valence electrons. The number of aromatic amines is 1. The molecular weight excluding hydrogens is 441 g/mol. The van der Waals surface area contributed by atoms with Gasteiger partial charge >= 0.3 is 0 Å². The number of benzene rings is 2. The van der Waals surface area contributed by atoms with Gasteiger partial charge in [-0.15, -0.1) is 11.3 Å². The van der Waals surface area contributed by atoms with E-state index in [9.17, 15) is 14.4 Å². The molecule has 0 radical (unpaired) electrons. The highest BCUT2D eigenvalue weighted by Crippen LogP contribution is 2.30. The fourth-order valence-corrected chi connectivity index (χ4v) is 4.05. The van der Waals surface area contributed by atoms with Crippen molar-refractivity contribution in [3.8, 4) is 16.5 Å². The maximum atomic E-state index is 13.1. The Morgan fingerprint density at radius 1 is 1.18 bits per heavy atom. The van der Waals surface area contributed by atoms with E-state index >= 15 is 0 Å². The molecule has 0 bridgehead atoms. The van der Waals surface area contributed by atoms with Gasteiger partial charge in [-0.1, -0.05) is 28.1 Å². The van der Waals surface area contributed by atoms with Crippen LogP contribution in [0.25, 0.3) is 33.0 Å². The van der Waals surface area contributed by atoms with Crippen molar-refractivity contribution < 1.29 is 4.39 Å². The molecule has 4 aromatic rings. The lowest BCUT2D eigenvalue weighted by molar-refractivity contribution is 0.628. The molecule has 7 heteroatoms. The molecule has 0 saturated carbocycles. The zero-order valence-corrected chi connectivity index (χ0v) is 16.6. The van der Waals surface area contributed by atoms with Crippen LogP contribution in [0.5, 0.6) is 0 Å². The van der Waals surface area contributed by atoms with Crippen LogP contribution in [-0.4, -0.2) is 9.97 Å². The lowest BCUT2D eigenvalue weighted by atomic mass is 10.2. The standard InChI is InChI=1S/C21H11BrFN3OS/c22-14-3-7-18-17(10-14)21(27)26-20(25-18)13(11-24)9-16-6-8-19(28-16)12-1-4-15(23)5-2-12/h1-10H,(H,25,26,27)/b13-9+. The van der Waals surface area contributed by atoms with Crippen LogP contribution in [0.3, 0.4) is 0 Å². The smallest absolute Gasteiger partial charge is 0.259 e. The number of hydrogen-bond donors (Lipinski definition) is 1. The molecule has 0 amide bonds. The van der Waals surface area contributed by atoms with E-state index in [1.54, 1.807) is 36.4 Å². The largest absolute Gasteiger partial charge is 0.305 e. The van der Waals surface area contributed by atoms with Gasteiger partial charge in [-0.25, -0.2) is 9.37 Å². The monoisotopic (exact) mass is 451 g/mol. The second-order valence-electron chi connectivity index (χ2n) is 5.95. The Labute approximate surface area is 171 Å². The van der Waals surface area contributed by atoms with Crippen LogP contribution in [0.2, 0.25) is 0 Å². The van der Waals surface area contributed by atoms with Gasteiger partial charge in [0.15, 0.2) is 5.82 Å². The van der Waals surface area contributed by atoms with Crippen LogP contribution < -0.4 is 5.56 Å². The van der Waals surface area contributed by atoms with Gasteiger partial charge in [0, 0.05) is 14.2 Å². The summed E-state index contributed by atoms with van der Waals surface area (Å²) in [5.74, 6) is -0.0652. The number of nitriles is 1. The summed E-state index contributed by atoms with van der Waals surface area (Å²) < 4.78 is 13.9. The summed E-state index contributed by atoms with van der Waals surface area (Å²) in [5.41, 5.74) is 1.36. The molecule has 0 aliphatic rings.